The molecule has 110 valence electrons. The van der Waals surface area contributed by atoms with Crippen LogP contribution in [0.25, 0.3) is 0 Å². The number of carboxylic acid groups (broad SMARTS) is 1. The number of carbonyl (C=O) groups is 1. The first-order valence-electron chi connectivity index (χ1n) is 7.90. The molecule has 0 aliphatic carbocycles. The minimum absolute atomic E-state index is 0.282. The molecule has 0 amide bonds. The number of nitrogens with zero attached hydrogens (tertiary/aromatic N) is 2. The molecular formula is C15H28N2O2. The van der Waals surface area contributed by atoms with Crippen molar-refractivity contribution in [2.24, 2.45) is 0 Å². The fourth-order valence-corrected chi connectivity index (χ4v) is 3.70. The van der Waals surface area contributed by atoms with Crippen LogP contribution in [0.4, 0.5) is 0 Å². The number of carboxylic acids is 1. The number of hydrogen-bond donors (Lipinski definition) is 1. The van der Waals surface area contributed by atoms with E-state index in [-0.39, 0.29) is 6.42 Å². The highest BCUT2D eigenvalue weighted by Gasteiger charge is 2.30. The Labute approximate surface area is 116 Å². The smallest absolute Gasteiger partial charge is 0.304 e. The van der Waals surface area contributed by atoms with Gasteiger partial charge < -0.3 is 10.0 Å². The lowest BCUT2D eigenvalue weighted by molar-refractivity contribution is -0.137. The fraction of sp³-hybridized carbons (Fsp3) is 0.933. The maximum Gasteiger partial charge on any atom is 0.304 e. The molecular weight excluding hydrogens is 240 g/mol. The Balaban J connectivity index is 1.86. The Morgan fingerprint density at radius 3 is 2.79 bits per heavy atom. The predicted octanol–water partition coefficient (Wildman–Crippen LogP) is 2.19. The van der Waals surface area contributed by atoms with Gasteiger partial charge in [-0.25, -0.2) is 0 Å². The van der Waals surface area contributed by atoms with Gasteiger partial charge in [0.05, 0.1) is 6.42 Å². The second-order valence-electron chi connectivity index (χ2n) is 6.04. The maximum atomic E-state index is 10.7. The average Bonchev–Trinajstić information content (AvgIpc) is 2.45. The van der Waals surface area contributed by atoms with Crippen LogP contribution in [0.3, 0.4) is 0 Å². The molecule has 0 aromatic heterocycles. The maximum absolute atomic E-state index is 10.7. The Hall–Kier alpha value is -0.610. The van der Waals surface area contributed by atoms with E-state index in [2.05, 4.69) is 16.7 Å². The van der Waals surface area contributed by atoms with Crippen LogP contribution < -0.4 is 0 Å². The molecule has 2 fully saturated rings. The third-order valence-electron chi connectivity index (χ3n) is 4.74. The highest BCUT2D eigenvalue weighted by Crippen LogP contribution is 2.26. The van der Waals surface area contributed by atoms with Crippen LogP contribution in [-0.4, -0.2) is 59.1 Å². The summed E-state index contributed by atoms with van der Waals surface area (Å²) in [6.07, 6.45) is 8.11. The summed E-state index contributed by atoms with van der Waals surface area (Å²) in [5.74, 6) is -0.675. The van der Waals surface area contributed by atoms with E-state index in [4.69, 9.17) is 5.11 Å². The summed E-state index contributed by atoms with van der Waals surface area (Å²) in [5.41, 5.74) is 0. The van der Waals surface area contributed by atoms with Crippen LogP contribution in [0.5, 0.6) is 0 Å². The lowest BCUT2D eigenvalue weighted by Gasteiger charge is -2.45. The standard InChI is InChI=1S/C15H28N2O2/c1-2-13-6-3-4-10-17(13)14-7-5-9-16(12-14)11-8-15(18)19/h13-14H,2-12H2,1H3,(H,18,19). The quantitative estimate of drug-likeness (QED) is 0.830. The number of rotatable bonds is 5. The fourth-order valence-electron chi connectivity index (χ4n) is 3.70. The zero-order valence-corrected chi connectivity index (χ0v) is 12.2. The third kappa shape index (κ3) is 4.18. The molecule has 2 atom stereocenters. The van der Waals surface area contributed by atoms with Gasteiger partial charge in [-0.05, 0) is 45.2 Å². The van der Waals surface area contributed by atoms with Crippen molar-refractivity contribution >= 4 is 5.97 Å². The molecule has 2 unspecified atom stereocenters. The van der Waals surface area contributed by atoms with E-state index in [1.807, 2.05) is 0 Å². The first kappa shape index (κ1) is 14.8. The van der Waals surface area contributed by atoms with Gasteiger partial charge in [0.1, 0.15) is 0 Å². The largest absolute Gasteiger partial charge is 0.481 e. The highest BCUT2D eigenvalue weighted by molar-refractivity contribution is 5.66. The van der Waals surface area contributed by atoms with Gasteiger partial charge in [-0.2, -0.15) is 0 Å². The summed E-state index contributed by atoms with van der Waals surface area (Å²) in [6, 6.07) is 1.42. The van der Waals surface area contributed by atoms with Crippen LogP contribution in [-0.2, 0) is 4.79 Å². The molecule has 0 radical (unpaired) electrons. The summed E-state index contributed by atoms with van der Waals surface area (Å²) < 4.78 is 0. The molecule has 4 nitrogen and oxygen atoms in total. The van der Waals surface area contributed by atoms with Crippen molar-refractivity contribution in [3.63, 3.8) is 0 Å². The van der Waals surface area contributed by atoms with Gasteiger partial charge in [0.15, 0.2) is 0 Å². The Morgan fingerprint density at radius 2 is 2.05 bits per heavy atom. The Kier molecular flexibility index (Phi) is 5.64. The van der Waals surface area contributed by atoms with Gasteiger partial charge in [-0.3, -0.25) is 9.69 Å². The first-order valence-corrected chi connectivity index (χ1v) is 7.90. The Bertz CT molecular complexity index is 296. The summed E-state index contributed by atoms with van der Waals surface area (Å²) in [4.78, 5) is 15.8. The van der Waals surface area contributed by atoms with E-state index in [0.717, 1.165) is 25.7 Å². The van der Waals surface area contributed by atoms with Gasteiger partial charge in [-0.1, -0.05) is 13.3 Å². The zero-order chi connectivity index (χ0) is 13.7. The molecule has 0 aromatic rings. The average molecular weight is 268 g/mol. The van der Waals surface area contributed by atoms with Gasteiger partial charge in [0.25, 0.3) is 0 Å². The van der Waals surface area contributed by atoms with E-state index >= 15 is 0 Å². The minimum Gasteiger partial charge on any atom is -0.481 e. The van der Waals surface area contributed by atoms with Crippen LogP contribution in [0.2, 0.25) is 0 Å². The molecule has 2 aliphatic heterocycles. The lowest BCUT2D eigenvalue weighted by Crippen LogP contribution is -2.53. The lowest BCUT2D eigenvalue weighted by atomic mass is 9.94. The monoisotopic (exact) mass is 268 g/mol. The molecule has 1 N–H and O–H groups in total. The summed E-state index contributed by atoms with van der Waals surface area (Å²) in [6.45, 7) is 6.42. The molecule has 2 heterocycles. The van der Waals surface area contributed by atoms with E-state index in [9.17, 15) is 4.79 Å². The summed E-state index contributed by atoms with van der Waals surface area (Å²) >= 11 is 0. The van der Waals surface area contributed by atoms with E-state index < -0.39 is 5.97 Å². The molecule has 2 aliphatic rings. The van der Waals surface area contributed by atoms with Crippen molar-refractivity contribution in [2.45, 2.75) is 64.0 Å². The molecule has 2 saturated heterocycles. The van der Waals surface area contributed by atoms with E-state index in [0.29, 0.717) is 6.04 Å². The molecule has 0 spiro atoms. The molecule has 4 heteroatoms. The predicted molar refractivity (Wildman–Crippen MR) is 76.4 cm³/mol. The van der Waals surface area contributed by atoms with Gasteiger partial charge in [0, 0.05) is 25.2 Å². The van der Waals surface area contributed by atoms with Crippen LogP contribution in [0.1, 0.15) is 51.9 Å². The second-order valence-corrected chi connectivity index (χ2v) is 6.04. The van der Waals surface area contributed by atoms with Crippen LogP contribution >= 0.6 is 0 Å². The van der Waals surface area contributed by atoms with Crippen molar-refractivity contribution < 1.29 is 9.90 Å². The molecule has 0 aromatic carbocycles. The van der Waals surface area contributed by atoms with Gasteiger partial charge >= 0.3 is 5.97 Å². The zero-order valence-electron chi connectivity index (χ0n) is 12.2. The van der Waals surface area contributed by atoms with Crippen molar-refractivity contribution in [3.8, 4) is 0 Å². The molecule has 0 saturated carbocycles. The third-order valence-corrected chi connectivity index (χ3v) is 4.74. The molecule has 0 bridgehead atoms. The Morgan fingerprint density at radius 1 is 1.21 bits per heavy atom. The second kappa shape index (κ2) is 7.25. The number of aliphatic carboxylic acids is 1. The number of likely N-dealkylation sites (tertiary alicyclic amines) is 2. The van der Waals surface area contributed by atoms with Crippen molar-refractivity contribution in [3.05, 3.63) is 0 Å². The van der Waals surface area contributed by atoms with Crippen molar-refractivity contribution in [1.29, 1.82) is 0 Å². The van der Waals surface area contributed by atoms with Gasteiger partial charge in [-0.15, -0.1) is 0 Å². The van der Waals surface area contributed by atoms with Crippen LogP contribution in [0.15, 0.2) is 0 Å². The van der Waals surface area contributed by atoms with E-state index in [1.165, 1.54) is 45.1 Å². The first-order chi connectivity index (χ1) is 9.20. The SMILES string of the molecule is CCC1CCCCN1C1CCCN(CCC(=O)O)C1. The minimum atomic E-state index is -0.675. The summed E-state index contributed by atoms with van der Waals surface area (Å²) in [7, 11) is 0. The number of hydrogen-bond acceptors (Lipinski definition) is 3. The highest BCUT2D eigenvalue weighted by atomic mass is 16.4. The number of piperidine rings is 2. The molecule has 19 heavy (non-hydrogen) atoms. The molecule has 2 rings (SSSR count). The topological polar surface area (TPSA) is 43.8 Å². The van der Waals surface area contributed by atoms with Gasteiger partial charge in [0.2, 0.25) is 0 Å². The van der Waals surface area contributed by atoms with Crippen molar-refractivity contribution in [1.82, 2.24) is 9.80 Å². The van der Waals surface area contributed by atoms with E-state index in [1.54, 1.807) is 0 Å². The van der Waals surface area contributed by atoms with Crippen LogP contribution in [0, 0.1) is 0 Å². The van der Waals surface area contributed by atoms with Crippen molar-refractivity contribution in [2.75, 3.05) is 26.2 Å². The summed E-state index contributed by atoms with van der Waals surface area (Å²) in [5, 5.41) is 8.80. The normalized spacial score (nSPS) is 30.4.